The van der Waals surface area contributed by atoms with Crippen LogP contribution in [0.5, 0.6) is 0 Å². The summed E-state index contributed by atoms with van der Waals surface area (Å²) in [7, 11) is 0. The van der Waals surface area contributed by atoms with Crippen molar-refractivity contribution in [2.75, 3.05) is 10.6 Å². The minimum Gasteiger partial charge on any atom is -0.326 e. The predicted molar refractivity (Wildman–Crippen MR) is 105 cm³/mol. The van der Waals surface area contributed by atoms with Crippen LogP contribution in [0.4, 0.5) is 11.4 Å². The van der Waals surface area contributed by atoms with E-state index in [0.717, 1.165) is 24.1 Å². The van der Waals surface area contributed by atoms with Crippen molar-refractivity contribution in [1.29, 1.82) is 0 Å². The van der Waals surface area contributed by atoms with Gasteiger partial charge in [0.2, 0.25) is 11.8 Å². The monoisotopic (exact) mass is 370 g/mol. The highest BCUT2D eigenvalue weighted by atomic mass is 35.5. The van der Waals surface area contributed by atoms with Gasteiger partial charge in [-0.1, -0.05) is 41.4 Å². The highest BCUT2D eigenvalue weighted by Gasteiger charge is 2.30. The van der Waals surface area contributed by atoms with Gasteiger partial charge in [0.25, 0.3) is 0 Å². The van der Waals surface area contributed by atoms with Crippen LogP contribution in [0, 0.1) is 18.8 Å². The maximum Gasteiger partial charge on any atom is 0.227 e. The number of anilines is 2. The molecule has 0 bridgehead atoms. The lowest BCUT2D eigenvalue weighted by atomic mass is 9.81. The fraction of sp³-hybridized carbons (Fsp3) is 0.333. The molecule has 0 heterocycles. The van der Waals surface area contributed by atoms with Gasteiger partial charge >= 0.3 is 0 Å². The van der Waals surface area contributed by atoms with Crippen LogP contribution in [-0.4, -0.2) is 11.8 Å². The Bertz CT molecular complexity index is 781. The number of para-hydroxylation sites is 1. The normalized spacial score (nSPS) is 19.6. The van der Waals surface area contributed by atoms with E-state index in [0.29, 0.717) is 23.6 Å². The lowest BCUT2D eigenvalue weighted by Gasteiger charge is -2.27. The van der Waals surface area contributed by atoms with Gasteiger partial charge < -0.3 is 10.6 Å². The fourth-order valence-corrected chi connectivity index (χ4v) is 3.48. The molecule has 0 aliphatic heterocycles. The molecule has 1 saturated carbocycles. The first-order valence-corrected chi connectivity index (χ1v) is 9.33. The molecular weight excluding hydrogens is 348 g/mol. The molecular formula is C21H23ClN2O2. The zero-order valence-corrected chi connectivity index (χ0v) is 15.6. The van der Waals surface area contributed by atoms with E-state index >= 15 is 0 Å². The lowest BCUT2D eigenvalue weighted by molar-refractivity contribution is -0.125. The maximum atomic E-state index is 12.4. The van der Waals surface area contributed by atoms with E-state index in [2.05, 4.69) is 10.6 Å². The minimum absolute atomic E-state index is 0.0181. The van der Waals surface area contributed by atoms with Gasteiger partial charge in [-0.15, -0.1) is 0 Å². The van der Waals surface area contributed by atoms with Gasteiger partial charge in [0.1, 0.15) is 0 Å². The molecule has 136 valence electrons. The summed E-state index contributed by atoms with van der Waals surface area (Å²) in [6, 6.07) is 15.0. The number of carbonyl (C=O) groups is 2. The van der Waals surface area contributed by atoms with Crippen LogP contribution in [0.1, 0.15) is 31.2 Å². The summed E-state index contributed by atoms with van der Waals surface area (Å²) in [5.41, 5.74) is 2.62. The molecule has 2 aromatic carbocycles. The zero-order chi connectivity index (χ0) is 18.5. The van der Waals surface area contributed by atoms with Crippen molar-refractivity contribution in [3.63, 3.8) is 0 Å². The molecule has 4 nitrogen and oxygen atoms in total. The van der Waals surface area contributed by atoms with Gasteiger partial charge in [0.15, 0.2) is 0 Å². The summed E-state index contributed by atoms with van der Waals surface area (Å²) in [6.45, 7) is 2.01. The van der Waals surface area contributed by atoms with Crippen LogP contribution >= 0.6 is 11.6 Å². The number of amides is 2. The average molecular weight is 371 g/mol. The topological polar surface area (TPSA) is 58.2 Å². The number of hydrogen-bond acceptors (Lipinski definition) is 2. The van der Waals surface area contributed by atoms with Gasteiger partial charge in [0, 0.05) is 17.5 Å². The Morgan fingerprint density at radius 1 is 0.846 bits per heavy atom. The molecule has 2 aromatic rings. The van der Waals surface area contributed by atoms with Gasteiger partial charge in [0.05, 0.1) is 10.7 Å². The van der Waals surface area contributed by atoms with E-state index in [1.54, 1.807) is 12.1 Å². The van der Waals surface area contributed by atoms with Crippen LogP contribution in [0.2, 0.25) is 5.02 Å². The molecule has 0 atom stereocenters. The molecule has 1 aliphatic rings. The number of carbonyl (C=O) groups excluding carboxylic acids is 2. The second kappa shape index (κ2) is 8.37. The third-order valence-corrected chi connectivity index (χ3v) is 5.25. The van der Waals surface area contributed by atoms with Crippen LogP contribution in [0.25, 0.3) is 0 Å². The Labute approximate surface area is 158 Å². The first-order chi connectivity index (χ1) is 12.5. The molecule has 26 heavy (non-hydrogen) atoms. The molecule has 2 amide bonds. The van der Waals surface area contributed by atoms with E-state index in [9.17, 15) is 9.59 Å². The van der Waals surface area contributed by atoms with Crippen molar-refractivity contribution in [2.45, 2.75) is 32.6 Å². The summed E-state index contributed by atoms with van der Waals surface area (Å²) in [5, 5.41) is 6.41. The SMILES string of the molecule is Cc1ccc(NC(=O)C2CCC(C(=O)Nc3ccccc3Cl)CC2)cc1. The fourth-order valence-electron chi connectivity index (χ4n) is 3.30. The maximum absolute atomic E-state index is 12.4. The third-order valence-electron chi connectivity index (χ3n) is 4.92. The molecule has 0 aromatic heterocycles. The average Bonchev–Trinajstić information content (AvgIpc) is 2.65. The van der Waals surface area contributed by atoms with E-state index < -0.39 is 0 Å². The predicted octanol–water partition coefficient (Wildman–Crippen LogP) is 5.03. The first-order valence-electron chi connectivity index (χ1n) is 8.96. The molecule has 0 saturated heterocycles. The molecule has 0 spiro atoms. The molecule has 0 radical (unpaired) electrons. The Morgan fingerprint density at radius 2 is 1.38 bits per heavy atom. The van der Waals surface area contributed by atoms with Gasteiger partial charge in [-0.05, 0) is 56.9 Å². The number of benzene rings is 2. The highest BCUT2D eigenvalue weighted by molar-refractivity contribution is 6.33. The second-order valence-electron chi connectivity index (χ2n) is 6.87. The van der Waals surface area contributed by atoms with Gasteiger partial charge in [-0.3, -0.25) is 9.59 Å². The number of hydrogen-bond donors (Lipinski definition) is 2. The lowest BCUT2D eigenvalue weighted by Crippen LogP contribution is -2.32. The summed E-state index contributed by atoms with van der Waals surface area (Å²) in [4.78, 5) is 24.9. The Morgan fingerprint density at radius 3 is 1.96 bits per heavy atom. The van der Waals surface area contributed by atoms with Crippen LogP contribution in [-0.2, 0) is 9.59 Å². The third kappa shape index (κ3) is 4.64. The van der Waals surface area contributed by atoms with Crippen molar-refractivity contribution in [3.8, 4) is 0 Å². The number of rotatable bonds is 4. The standard InChI is InChI=1S/C21H23ClN2O2/c1-14-6-12-17(13-7-14)23-20(25)15-8-10-16(11-9-15)21(26)24-19-5-3-2-4-18(19)22/h2-7,12-13,15-16H,8-11H2,1H3,(H,23,25)(H,24,26). The molecule has 5 heteroatoms. The Kier molecular flexibility index (Phi) is 5.94. The van der Waals surface area contributed by atoms with E-state index in [-0.39, 0.29) is 23.7 Å². The summed E-state index contributed by atoms with van der Waals surface area (Å²) in [6.07, 6.45) is 2.86. The Balaban J connectivity index is 1.50. The van der Waals surface area contributed by atoms with Gasteiger partial charge in [-0.25, -0.2) is 0 Å². The molecule has 1 fully saturated rings. The van der Waals surface area contributed by atoms with E-state index in [1.807, 2.05) is 43.3 Å². The second-order valence-corrected chi connectivity index (χ2v) is 7.28. The van der Waals surface area contributed by atoms with E-state index in [4.69, 9.17) is 11.6 Å². The first kappa shape index (κ1) is 18.5. The molecule has 0 unspecified atom stereocenters. The minimum atomic E-state index is -0.0744. The van der Waals surface area contributed by atoms with Crippen LogP contribution in [0.15, 0.2) is 48.5 Å². The summed E-state index contributed by atoms with van der Waals surface area (Å²) < 4.78 is 0. The van der Waals surface area contributed by atoms with Crippen LogP contribution < -0.4 is 10.6 Å². The zero-order valence-electron chi connectivity index (χ0n) is 14.8. The van der Waals surface area contributed by atoms with Crippen molar-refractivity contribution in [1.82, 2.24) is 0 Å². The van der Waals surface area contributed by atoms with Crippen molar-refractivity contribution in [3.05, 3.63) is 59.1 Å². The quantitative estimate of drug-likeness (QED) is 0.792. The van der Waals surface area contributed by atoms with Crippen molar-refractivity contribution >= 4 is 34.8 Å². The summed E-state index contributed by atoms with van der Waals surface area (Å²) >= 11 is 6.09. The van der Waals surface area contributed by atoms with Crippen LogP contribution in [0.3, 0.4) is 0 Å². The largest absolute Gasteiger partial charge is 0.326 e. The number of halogens is 1. The Hall–Kier alpha value is -2.33. The molecule has 2 N–H and O–H groups in total. The highest BCUT2D eigenvalue weighted by Crippen LogP contribution is 2.31. The van der Waals surface area contributed by atoms with E-state index in [1.165, 1.54) is 0 Å². The number of aryl methyl sites for hydroxylation is 1. The van der Waals surface area contributed by atoms with Crippen molar-refractivity contribution < 1.29 is 9.59 Å². The van der Waals surface area contributed by atoms with Gasteiger partial charge in [-0.2, -0.15) is 0 Å². The summed E-state index contributed by atoms with van der Waals surface area (Å²) in [5.74, 6) is -0.0929. The smallest absolute Gasteiger partial charge is 0.227 e. The van der Waals surface area contributed by atoms with Crippen molar-refractivity contribution in [2.24, 2.45) is 11.8 Å². The number of nitrogens with one attached hydrogen (secondary N) is 2. The molecule has 3 rings (SSSR count). The molecule has 1 aliphatic carbocycles.